The fraction of sp³-hybridized carbons (Fsp3) is 0.647. The minimum atomic E-state index is -0.621. The number of carbonyl (C=O) groups is 4. The van der Waals surface area contributed by atoms with Gasteiger partial charge in [0.2, 0.25) is 11.7 Å². The first-order chi connectivity index (χ1) is 11.0. The second-order valence-corrected chi connectivity index (χ2v) is 5.61. The number of ketones is 2. The van der Waals surface area contributed by atoms with Crippen molar-refractivity contribution in [1.29, 1.82) is 0 Å². The third-order valence-corrected chi connectivity index (χ3v) is 3.69. The average Bonchev–Trinajstić information content (AvgIpc) is 2.97. The van der Waals surface area contributed by atoms with E-state index in [-0.39, 0.29) is 24.5 Å². The van der Waals surface area contributed by atoms with E-state index in [0.717, 1.165) is 19.3 Å². The number of rotatable bonds is 10. The Bertz CT molecular complexity index is 495. The minimum Gasteiger partial charge on any atom is -0.430 e. The molecule has 0 aromatic carbocycles. The lowest BCUT2D eigenvalue weighted by atomic mass is 10.1. The molecule has 1 amide bonds. The van der Waals surface area contributed by atoms with E-state index in [4.69, 9.17) is 4.74 Å². The molecule has 0 unspecified atom stereocenters. The van der Waals surface area contributed by atoms with Crippen LogP contribution >= 0.6 is 0 Å². The number of allylic oxidation sites excluding steroid dienone is 2. The first kappa shape index (κ1) is 19.1. The molecule has 6 heteroatoms. The maximum atomic E-state index is 11.9. The highest BCUT2D eigenvalue weighted by molar-refractivity contribution is 6.37. The highest BCUT2D eigenvalue weighted by atomic mass is 16.5. The molecule has 6 nitrogen and oxygen atoms in total. The number of hydrogen-bond donors (Lipinski definition) is 1. The molecule has 1 aliphatic heterocycles. The standard InChI is InChI=1S/C17H25NO5/c1-3-5-6-7-14(19)15(20)10-8-12(4-2)23-17(22)13-9-11-16(21)18-13/h8,13H,3-7,9-11H2,1-2H3,(H,18,21)/t13-/m0/s1. The molecule has 0 saturated carbocycles. The van der Waals surface area contributed by atoms with Gasteiger partial charge in [0, 0.05) is 25.7 Å². The summed E-state index contributed by atoms with van der Waals surface area (Å²) in [7, 11) is 0. The van der Waals surface area contributed by atoms with E-state index in [9.17, 15) is 19.2 Å². The van der Waals surface area contributed by atoms with Crippen molar-refractivity contribution in [2.24, 2.45) is 0 Å². The Kier molecular flexibility index (Phi) is 8.22. The van der Waals surface area contributed by atoms with Gasteiger partial charge in [-0.25, -0.2) is 4.79 Å². The molecule has 1 atom stereocenters. The molecule has 0 aliphatic carbocycles. The lowest BCUT2D eigenvalue weighted by molar-refractivity contribution is -0.142. The number of unbranched alkanes of at least 4 members (excludes halogenated alkanes) is 2. The van der Waals surface area contributed by atoms with E-state index >= 15 is 0 Å². The monoisotopic (exact) mass is 323 g/mol. The fourth-order valence-corrected chi connectivity index (χ4v) is 2.24. The summed E-state index contributed by atoms with van der Waals surface area (Å²) in [5, 5.41) is 2.53. The third kappa shape index (κ3) is 6.76. The SMILES string of the molecule is CCCCCC(=O)C(=O)CC=C(CC)OC(=O)[C@@H]1CCC(=O)N1. The zero-order chi connectivity index (χ0) is 17.2. The smallest absolute Gasteiger partial charge is 0.333 e. The summed E-state index contributed by atoms with van der Waals surface area (Å²) in [5.74, 6) is -1.17. The summed E-state index contributed by atoms with van der Waals surface area (Å²) in [6.45, 7) is 3.82. The van der Waals surface area contributed by atoms with Gasteiger partial charge < -0.3 is 10.1 Å². The highest BCUT2D eigenvalue weighted by Crippen LogP contribution is 2.13. The van der Waals surface area contributed by atoms with Crippen molar-refractivity contribution in [1.82, 2.24) is 5.32 Å². The van der Waals surface area contributed by atoms with Crippen LogP contribution in [0.3, 0.4) is 0 Å². The second kappa shape index (κ2) is 9.92. The van der Waals surface area contributed by atoms with Crippen LogP contribution in [0.15, 0.2) is 11.8 Å². The maximum Gasteiger partial charge on any atom is 0.333 e. The molecule has 1 fully saturated rings. The van der Waals surface area contributed by atoms with Crippen LogP contribution in [0.4, 0.5) is 0 Å². The number of amides is 1. The van der Waals surface area contributed by atoms with Gasteiger partial charge in [0.05, 0.1) is 0 Å². The van der Waals surface area contributed by atoms with E-state index in [1.807, 2.05) is 6.92 Å². The zero-order valence-corrected chi connectivity index (χ0v) is 13.9. The first-order valence-corrected chi connectivity index (χ1v) is 8.24. The van der Waals surface area contributed by atoms with Crippen LogP contribution in [0.1, 0.15) is 65.2 Å². The average molecular weight is 323 g/mol. The number of nitrogens with one attached hydrogen (secondary N) is 1. The summed E-state index contributed by atoms with van der Waals surface area (Å²) in [6, 6.07) is -0.621. The van der Waals surface area contributed by atoms with Crippen LogP contribution in [0, 0.1) is 0 Å². The molecular weight excluding hydrogens is 298 g/mol. The Morgan fingerprint density at radius 1 is 1.22 bits per heavy atom. The first-order valence-electron chi connectivity index (χ1n) is 8.24. The quantitative estimate of drug-likeness (QED) is 0.288. The van der Waals surface area contributed by atoms with Gasteiger partial charge in [-0.2, -0.15) is 0 Å². The number of Topliss-reactive ketones (excluding diaryl/α,β-unsaturated/α-hetero) is 2. The molecule has 0 spiro atoms. The molecule has 1 saturated heterocycles. The van der Waals surface area contributed by atoms with Gasteiger partial charge in [-0.3, -0.25) is 14.4 Å². The third-order valence-electron chi connectivity index (χ3n) is 3.69. The predicted octanol–water partition coefficient (Wildman–Crippen LogP) is 2.21. The van der Waals surface area contributed by atoms with Crippen LogP contribution in [-0.2, 0) is 23.9 Å². The van der Waals surface area contributed by atoms with Gasteiger partial charge in [-0.1, -0.05) is 26.7 Å². The Morgan fingerprint density at radius 2 is 1.96 bits per heavy atom. The molecule has 0 aromatic heterocycles. The lowest BCUT2D eigenvalue weighted by Crippen LogP contribution is -2.34. The maximum absolute atomic E-state index is 11.9. The summed E-state index contributed by atoms with van der Waals surface area (Å²) in [5.41, 5.74) is 0. The Balaban J connectivity index is 2.45. The normalized spacial score (nSPS) is 17.7. The largest absolute Gasteiger partial charge is 0.430 e. The molecule has 0 bridgehead atoms. The second-order valence-electron chi connectivity index (χ2n) is 5.61. The fourth-order valence-electron chi connectivity index (χ4n) is 2.24. The van der Waals surface area contributed by atoms with Crippen molar-refractivity contribution in [2.75, 3.05) is 0 Å². The molecule has 1 rings (SSSR count). The summed E-state index contributed by atoms with van der Waals surface area (Å²) in [6.07, 6.45) is 5.52. The van der Waals surface area contributed by atoms with Gasteiger partial charge in [0.25, 0.3) is 0 Å². The van der Waals surface area contributed by atoms with Gasteiger partial charge in [0.1, 0.15) is 11.8 Å². The van der Waals surface area contributed by atoms with Crippen molar-refractivity contribution in [3.05, 3.63) is 11.8 Å². The van der Waals surface area contributed by atoms with Crippen molar-refractivity contribution in [3.63, 3.8) is 0 Å². The highest BCUT2D eigenvalue weighted by Gasteiger charge is 2.29. The van der Waals surface area contributed by atoms with Crippen LogP contribution in [0.5, 0.6) is 0 Å². The van der Waals surface area contributed by atoms with Crippen molar-refractivity contribution in [2.45, 2.75) is 71.3 Å². The zero-order valence-electron chi connectivity index (χ0n) is 13.9. The van der Waals surface area contributed by atoms with Crippen molar-refractivity contribution >= 4 is 23.4 Å². The predicted molar refractivity (Wildman–Crippen MR) is 84.4 cm³/mol. The van der Waals surface area contributed by atoms with Crippen LogP contribution in [0.2, 0.25) is 0 Å². The number of esters is 1. The van der Waals surface area contributed by atoms with Crippen LogP contribution < -0.4 is 5.32 Å². The molecular formula is C17H25NO5. The Hall–Kier alpha value is -1.98. The topological polar surface area (TPSA) is 89.5 Å². The summed E-state index contributed by atoms with van der Waals surface area (Å²) < 4.78 is 5.20. The van der Waals surface area contributed by atoms with E-state index in [1.54, 1.807) is 6.92 Å². The van der Waals surface area contributed by atoms with Crippen LogP contribution in [-0.4, -0.2) is 29.5 Å². The minimum absolute atomic E-state index is 0.0571. The molecule has 0 aromatic rings. The number of carbonyl (C=O) groups excluding carboxylic acids is 4. The van der Waals surface area contributed by atoms with E-state index < -0.39 is 17.8 Å². The molecule has 128 valence electrons. The molecule has 1 aliphatic rings. The van der Waals surface area contributed by atoms with E-state index in [0.29, 0.717) is 25.0 Å². The number of hydrogen-bond acceptors (Lipinski definition) is 5. The Labute approximate surface area is 136 Å². The molecule has 23 heavy (non-hydrogen) atoms. The van der Waals surface area contributed by atoms with Gasteiger partial charge >= 0.3 is 5.97 Å². The summed E-state index contributed by atoms with van der Waals surface area (Å²) >= 11 is 0. The summed E-state index contributed by atoms with van der Waals surface area (Å²) in [4.78, 5) is 46.4. The molecule has 0 radical (unpaired) electrons. The van der Waals surface area contributed by atoms with Crippen LogP contribution in [0.25, 0.3) is 0 Å². The van der Waals surface area contributed by atoms with E-state index in [1.165, 1.54) is 6.08 Å². The van der Waals surface area contributed by atoms with Crippen molar-refractivity contribution in [3.8, 4) is 0 Å². The lowest BCUT2D eigenvalue weighted by Gasteiger charge is -2.11. The van der Waals surface area contributed by atoms with Crippen molar-refractivity contribution < 1.29 is 23.9 Å². The van der Waals surface area contributed by atoms with Gasteiger partial charge in [-0.15, -0.1) is 0 Å². The Morgan fingerprint density at radius 3 is 2.52 bits per heavy atom. The molecule has 1 N–H and O–H groups in total. The number of ether oxygens (including phenoxy) is 1. The van der Waals surface area contributed by atoms with E-state index in [2.05, 4.69) is 5.32 Å². The van der Waals surface area contributed by atoms with Gasteiger partial charge in [0.15, 0.2) is 5.78 Å². The molecule has 1 heterocycles. The van der Waals surface area contributed by atoms with Gasteiger partial charge in [-0.05, 0) is 18.9 Å².